The average molecular weight is 523 g/mol. The van der Waals surface area contributed by atoms with Crippen LogP contribution in [0, 0.1) is 5.82 Å². The van der Waals surface area contributed by atoms with E-state index in [0.29, 0.717) is 15.6 Å². The molecule has 194 valence electrons. The predicted molar refractivity (Wildman–Crippen MR) is 133 cm³/mol. The van der Waals surface area contributed by atoms with Crippen molar-refractivity contribution >= 4 is 17.4 Å². The fourth-order valence-corrected chi connectivity index (χ4v) is 3.97. The summed E-state index contributed by atoms with van der Waals surface area (Å²) in [6, 6.07) is 16.9. The highest BCUT2D eigenvalue weighted by Gasteiger charge is 2.35. The minimum atomic E-state index is -4.74. The lowest BCUT2D eigenvalue weighted by Crippen LogP contribution is -2.16. The zero-order valence-corrected chi connectivity index (χ0v) is 20.4. The van der Waals surface area contributed by atoms with Gasteiger partial charge < -0.3 is 5.32 Å². The van der Waals surface area contributed by atoms with Gasteiger partial charge in [0.2, 0.25) is 0 Å². The summed E-state index contributed by atoms with van der Waals surface area (Å²) in [4.78, 5) is 17.1. The van der Waals surface area contributed by atoms with Crippen LogP contribution in [-0.2, 0) is 12.7 Å². The number of benzene rings is 2. The molecule has 0 atom stereocenters. The number of nitrogens with zero attached hydrogens (tertiary/aromatic N) is 5. The normalized spacial score (nSPS) is 11.9. The van der Waals surface area contributed by atoms with E-state index in [1.807, 2.05) is 26.0 Å². The van der Waals surface area contributed by atoms with Gasteiger partial charge in [-0.1, -0.05) is 56.3 Å². The Morgan fingerprint density at radius 2 is 1.74 bits per heavy atom. The number of anilines is 1. The van der Waals surface area contributed by atoms with E-state index in [4.69, 9.17) is 0 Å². The summed E-state index contributed by atoms with van der Waals surface area (Å²) >= 11 is 0. The molecular weight excluding hydrogens is 500 g/mol. The van der Waals surface area contributed by atoms with Crippen molar-refractivity contribution < 1.29 is 22.4 Å². The second kappa shape index (κ2) is 9.73. The van der Waals surface area contributed by atoms with Gasteiger partial charge in [-0.05, 0) is 23.6 Å². The van der Waals surface area contributed by atoms with Crippen molar-refractivity contribution in [2.45, 2.75) is 32.5 Å². The van der Waals surface area contributed by atoms with Crippen LogP contribution in [0.5, 0.6) is 0 Å². The van der Waals surface area contributed by atoms with Crippen LogP contribution in [0.25, 0.3) is 16.9 Å². The molecular formula is C27H22F4N6O. The molecule has 0 aliphatic heterocycles. The highest BCUT2D eigenvalue weighted by atomic mass is 19.4. The number of nitrogens with one attached hydrogen (secondary N) is 1. The van der Waals surface area contributed by atoms with Crippen molar-refractivity contribution in [2.24, 2.45) is 0 Å². The van der Waals surface area contributed by atoms with E-state index in [9.17, 15) is 22.4 Å². The van der Waals surface area contributed by atoms with E-state index in [1.54, 1.807) is 36.5 Å². The van der Waals surface area contributed by atoms with Crippen molar-refractivity contribution in [1.82, 2.24) is 24.4 Å². The minimum Gasteiger partial charge on any atom is -0.304 e. The fraction of sp³-hybridized carbons (Fsp3) is 0.185. The maximum Gasteiger partial charge on any atom is 0.433 e. The SMILES string of the molecule is CC(C)c1ccc(-c2cc(C(F)(F)F)n3nc(C(=O)Nc4ccn(Cc5ccccc5F)n4)cc3n2)cc1. The second-order valence-electron chi connectivity index (χ2n) is 9.04. The zero-order chi connectivity index (χ0) is 27.0. The third kappa shape index (κ3) is 5.13. The molecule has 5 rings (SSSR count). The van der Waals surface area contributed by atoms with Crippen molar-refractivity contribution in [3.8, 4) is 11.3 Å². The molecule has 0 aliphatic carbocycles. The largest absolute Gasteiger partial charge is 0.433 e. The molecule has 0 spiro atoms. The van der Waals surface area contributed by atoms with Crippen LogP contribution in [0.4, 0.5) is 23.4 Å². The molecule has 0 fully saturated rings. The minimum absolute atomic E-state index is 0.110. The van der Waals surface area contributed by atoms with E-state index < -0.39 is 17.8 Å². The molecule has 38 heavy (non-hydrogen) atoms. The summed E-state index contributed by atoms with van der Waals surface area (Å²) in [7, 11) is 0. The highest BCUT2D eigenvalue weighted by molar-refractivity contribution is 6.03. The molecule has 2 aromatic carbocycles. The lowest BCUT2D eigenvalue weighted by Gasteiger charge is -2.11. The van der Waals surface area contributed by atoms with Crippen molar-refractivity contribution in [2.75, 3.05) is 5.32 Å². The van der Waals surface area contributed by atoms with Crippen molar-refractivity contribution in [3.63, 3.8) is 0 Å². The Bertz CT molecular complexity index is 1620. The molecule has 1 N–H and O–H groups in total. The summed E-state index contributed by atoms with van der Waals surface area (Å²) < 4.78 is 57.7. The zero-order valence-electron chi connectivity index (χ0n) is 20.4. The Morgan fingerprint density at radius 3 is 2.42 bits per heavy atom. The van der Waals surface area contributed by atoms with E-state index in [2.05, 4.69) is 20.5 Å². The van der Waals surface area contributed by atoms with Crippen LogP contribution < -0.4 is 5.32 Å². The molecule has 5 aromatic rings. The summed E-state index contributed by atoms with van der Waals surface area (Å²) in [5, 5.41) is 10.6. The average Bonchev–Trinajstić information content (AvgIpc) is 3.51. The Kier molecular flexibility index (Phi) is 6.43. The van der Waals surface area contributed by atoms with Crippen LogP contribution in [0.15, 0.2) is 72.9 Å². The van der Waals surface area contributed by atoms with Gasteiger partial charge in [0.15, 0.2) is 22.9 Å². The molecule has 0 bridgehead atoms. The quantitative estimate of drug-likeness (QED) is 0.271. The number of carbonyl (C=O) groups excluding carboxylic acids is 1. The number of hydrogen-bond donors (Lipinski definition) is 1. The number of rotatable bonds is 6. The Balaban J connectivity index is 1.42. The van der Waals surface area contributed by atoms with Gasteiger partial charge >= 0.3 is 6.18 Å². The van der Waals surface area contributed by atoms with Crippen LogP contribution in [0.2, 0.25) is 0 Å². The summed E-state index contributed by atoms with van der Waals surface area (Å²) in [6.45, 7) is 4.18. The Labute approximate surface area is 214 Å². The van der Waals surface area contributed by atoms with Crippen LogP contribution in [0.1, 0.15) is 47.1 Å². The Morgan fingerprint density at radius 1 is 1.00 bits per heavy atom. The smallest absolute Gasteiger partial charge is 0.304 e. The molecule has 3 aromatic heterocycles. The number of amides is 1. The molecule has 0 saturated carbocycles. The molecule has 0 aliphatic rings. The number of hydrogen-bond acceptors (Lipinski definition) is 4. The first-order chi connectivity index (χ1) is 18.1. The summed E-state index contributed by atoms with van der Waals surface area (Å²) in [5.41, 5.74) is 0.629. The Hall–Kier alpha value is -4.54. The van der Waals surface area contributed by atoms with E-state index in [0.717, 1.165) is 11.6 Å². The number of halogens is 4. The third-order valence-electron chi connectivity index (χ3n) is 6.00. The number of fused-ring (bicyclic) bond motifs is 1. The van der Waals surface area contributed by atoms with Crippen LogP contribution in [0.3, 0.4) is 0 Å². The van der Waals surface area contributed by atoms with Gasteiger partial charge in [0.05, 0.1) is 12.2 Å². The van der Waals surface area contributed by atoms with Crippen molar-refractivity contribution in [3.05, 3.63) is 101 Å². The van der Waals surface area contributed by atoms with Gasteiger partial charge in [0, 0.05) is 29.5 Å². The van der Waals surface area contributed by atoms with Gasteiger partial charge in [-0.15, -0.1) is 0 Å². The number of aromatic nitrogens is 5. The first-order valence-corrected chi connectivity index (χ1v) is 11.7. The van der Waals surface area contributed by atoms with Gasteiger partial charge in [-0.25, -0.2) is 13.9 Å². The van der Waals surface area contributed by atoms with E-state index >= 15 is 0 Å². The summed E-state index contributed by atoms with van der Waals surface area (Å²) in [6.07, 6.45) is -3.19. The van der Waals surface area contributed by atoms with Crippen molar-refractivity contribution in [1.29, 1.82) is 0 Å². The molecule has 0 saturated heterocycles. The first kappa shape index (κ1) is 25.1. The number of carbonyl (C=O) groups is 1. The standard InChI is InChI=1S/C27H22F4N6O/c1-16(2)17-7-9-18(10-8-17)21-13-23(27(29,30)31)37-25(32-21)14-22(34-37)26(38)33-24-11-12-36(35-24)15-19-5-3-4-6-20(19)28/h3-14,16H,15H2,1-2H3,(H,33,35,38). The van der Waals surface area contributed by atoms with E-state index in [-0.39, 0.29) is 41.1 Å². The molecule has 0 unspecified atom stereocenters. The van der Waals surface area contributed by atoms with Gasteiger partial charge in [-0.2, -0.15) is 23.4 Å². The fourth-order valence-electron chi connectivity index (χ4n) is 3.97. The first-order valence-electron chi connectivity index (χ1n) is 11.7. The maximum absolute atomic E-state index is 13.9. The molecule has 11 heteroatoms. The highest BCUT2D eigenvalue weighted by Crippen LogP contribution is 2.32. The van der Waals surface area contributed by atoms with Gasteiger partial charge in [0.25, 0.3) is 5.91 Å². The molecule has 7 nitrogen and oxygen atoms in total. The topological polar surface area (TPSA) is 77.1 Å². The molecule has 1 amide bonds. The molecule has 0 radical (unpaired) electrons. The predicted octanol–water partition coefficient (Wildman–Crippen LogP) is 6.17. The number of alkyl halides is 3. The second-order valence-corrected chi connectivity index (χ2v) is 9.04. The monoisotopic (exact) mass is 522 g/mol. The van der Waals surface area contributed by atoms with Crippen LogP contribution in [-0.4, -0.2) is 30.3 Å². The lowest BCUT2D eigenvalue weighted by atomic mass is 10.0. The third-order valence-corrected chi connectivity index (χ3v) is 6.00. The van der Waals surface area contributed by atoms with Crippen LogP contribution >= 0.6 is 0 Å². The van der Waals surface area contributed by atoms with Gasteiger partial charge in [0.1, 0.15) is 5.82 Å². The van der Waals surface area contributed by atoms with Gasteiger partial charge in [-0.3, -0.25) is 9.48 Å². The maximum atomic E-state index is 13.9. The molecule has 3 heterocycles. The van der Waals surface area contributed by atoms with E-state index in [1.165, 1.54) is 22.9 Å². The summed E-state index contributed by atoms with van der Waals surface area (Å²) in [5.74, 6) is -0.741. The lowest BCUT2D eigenvalue weighted by molar-refractivity contribution is -0.142.